The van der Waals surface area contributed by atoms with Crippen LogP contribution in [0.4, 0.5) is 0 Å². The van der Waals surface area contributed by atoms with Crippen molar-refractivity contribution in [2.75, 3.05) is 26.2 Å². The van der Waals surface area contributed by atoms with Crippen LogP contribution in [0.25, 0.3) is 0 Å². The van der Waals surface area contributed by atoms with Crippen molar-refractivity contribution in [1.82, 2.24) is 15.8 Å². The van der Waals surface area contributed by atoms with Gasteiger partial charge in [-0.2, -0.15) is 0 Å². The highest BCUT2D eigenvalue weighted by Crippen LogP contribution is 2.34. The number of benzene rings is 1. The maximum Gasteiger partial charge on any atom is 0.311 e. The average molecular weight is 376 g/mol. The van der Waals surface area contributed by atoms with Crippen LogP contribution in [0.2, 0.25) is 0 Å². The van der Waals surface area contributed by atoms with Gasteiger partial charge >= 0.3 is 5.97 Å². The minimum absolute atomic E-state index is 0.0811. The second-order valence-corrected chi connectivity index (χ2v) is 7.65. The van der Waals surface area contributed by atoms with Gasteiger partial charge in [0.2, 0.25) is 5.91 Å². The first-order valence-corrected chi connectivity index (χ1v) is 9.97. The Balaban J connectivity index is 1.83. The molecule has 0 radical (unpaired) electrons. The van der Waals surface area contributed by atoms with E-state index in [9.17, 15) is 9.59 Å². The highest BCUT2D eigenvalue weighted by Gasteiger charge is 2.18. The zero-order valence-electron chi connectivity index (χ0n) is 17.0. The quantitative estimate of drug-likeness (QED) is 0.513. The number of para-hydroxylation sites is 1. The molecule has 6 heteroatoms. The molecule has 1 fully saturated rings. The number of carbonyl (C=O) groups excluding carboxylic acids is 2. The molecule has 1 amide bonds. The standard InChI is InChI=1S/C21H33N3O3/c1-15(2)17-7-5-8-18(16(3)4)21(17)27-20(26)10-9-19(25)22-12-14-24-13-6-11-23-24/h5,7-8,15-16,23H,6,9-14H2,1-4H3,(H,22,25). The van der Waals surface area contributed by atoms with Gasteiger partial charge in [0.15, 0.2) is 0 Å². The molecule has 1 aromatic rings. The molecule has 0 aromatic heterocycles. The van der Waals surface area contributed by atoms with E-state index in [-0.39, 0.29) is 36.6 Å². The molecule has 0 atom stereocenters. The van der Waals surface area contributed by atoms with Crippen LogP contribution in [0.1, 0.15) is 69.9 Å². The highest BCUT2D eigenvalue weighted by atomic mass is 16.5. The van der Waals surface area contributed by atoms with Crippen molar-refractivity contribution in [2.24, 2.45) is 0 Å². The van der Waals surface area contributed by atoms with E-state index in [4.69, 9.17) is 4.74 Å². The lowest BCUT2D eigenvalue weighted by Gasteiger charge is -2.19. The van der Waals surface area contributed by atoms with Gasteiger partial charge in [-0.3, -0.25) is 15.0 Å². The summed E-state index contributed by atoms with van der Waals surface area (Å²) in [7, 11) is 0. The molecule has 27 heavy (non-hydrogen) atoms. The SMILES string of the molecule is CC(C)c1cccc(C(C)C)c1OC(=O)CCC(=O)NCCN1CCCN1. The Kier molecular flexibility index (Phi) is 8.25. The first kappa shape index (κ1) is 21.4. The summed E-state index contributed by atoms with van der Waals surface area (Å²) in [6.07, 6.45) is 1.36. The molecule has 1 heterocycles. The van der Waals surface area contributed by atoms with Crippen LogP contribution in [-0.4, -0.2) is 43.1 Å². The summed E-state index contributed by atoms with van der Waals surface area (Å²) >= 11 is 0. The normalized spacial score (nSPS) is 14.7. The summed E-state index contributed by atoms with van der Waals surface area (Å²) in [5.74, 6) is 0.699. The predicted molar refractivity (Wildman–Crippen MR) is 107 cm³/mol. The zero-order chi connectivity index (χ0) is 19.8. The van der Waals surface area contributed by atoms with Gasteiger partial charge in [-0.1, -0.05) is 45.9 Å². The monoisotopic (exact) mass is 375 g/mol. The number of ether oxygens (including phenoxy) is 1. The molecular formula is C21H33N3O3. The Morgan fingerprint density at radius 2 is 1.81 bits per heavy atom. The lowest BCUT2D eigenvalue weighted by atomic mass is 9.94. The molecule has 6 nitrogen and oxygen atoms in total. The number of rotatable bonds is 9. The van der Waals surface area contributed by atoms with Crippen molar-refractivity contribution < 1.29 is 14.3 Å². The molecule has 1 aromatic carbocycles. The largest absolute Gasteiger partial charge is 0.426 e. The van der Waals surface area contributed by atoms with Crippen molar-refractivity contribution in [3.63, 3.8) is 0 Å². The summed E-state index contributed by atoms with van der Waals surface area (Å²) in [5.41, 5.74) is 5.29. The Morgan fingerprint density at radius 1 is 1.15 bits per heavy atom. The smallest absolute Gasteiger partial charge is 0.311 e. The van der Waals surface area contributed by atoms with Crippen LogP contribution in [0.5, 0.6) is 5.75 Å². The zero-order valence-corrected chi connectivity index (χ0v) is 17.0. The van der Waals surface area contributed by atoms with Crippen molar-refractivity contribution in [3.8, 4) is 5.75 Å². The van der Waals surface area contributed by atoms with Gasteiger partial charge in [0.1, 0.15) is 5.75 Å². The van der Waals surface area contributed by atoms with Gasteiger partial charge in [-0.25, -0.2) is 5.01 Å². The number of nitrogens with one attached hydrogen (secondary N) is 2. The Labute approximate surface area is 162 Å². The summed E-state index contributed by atoms with van der Waals surface area (Å²) in [5, 5.41) is 4.96. The van der Waals surface area contributed by atoms with Gasteiger partial charge in [-0.05, 0) is 29.4 Å². The highest BCUT2D eigenvalue weighted by molar-refractivity contribution is 5.82. The van der Waals surface area contributed by atoms with E-state index in [0.29, 0.717) is 12.3 Å². The fraction of sp³-hybridized carbons (Fsp3) is 0.619. The number of hydrazine groups is 1. The van der Waals surface area contributed by atoms with Crippen LogP contribution in [0, 0.1) is 0 Å². The fourth-order valence-electron chi connectivity index (χ4n) is 3.18. The van der Waals surface area contributed by atoms with Crippen LogP contribution < -0.4 is 15.5 Å². The van der Waals surface area contributed by atoms with Crippen LogP contribution in [0.3, 0.4) is 0 Å². The third-order valence-corrected chi connectivity index (χ3v) is 4.74. The summed E-state index contributed by atoms with van der Waals surface area (Å²) in [4.78, 5) is 24.3. The Bertz CT molecular complexity index is 611. The van der Waals surface area contributed by atoms with Crippen LogP contribution >= 0.6 is 0 Å². The molecule has 0 spiro atoms. The van der Waals surface area contributed by atoms with E-state index in [1.54, 1.807) is 0 Å². The minimum Gasteiger partial charge on any atom is -0.426 e. The van der Waals surface area contributed by atoms with Crippen molar-refractivity contribution in [1.29, 1.82) is 0 Å². The number of hydrogen-bond donors (Lipinski definition) is 2. The second-order valence-electron chi connectivity index (χ2n) is 7.65. The molecule has 1 saturated heterocycles. The van der Waals surface area contributed by atoms with Crippen molar-refractivity contribution in [2.45, 2.75) is 58.8 Å². The minimum atomic E-state index is -0.360. The fourth-order valence-corrected chi connectivity index (χ4v) is 3.18. The molecule has 0 unspecified atom stereocenters. The van der Waals surface area contributed by atoms with E-state index in [1.165, 1.54) is 0 Å². The van der Waals surface area contributed by atoms with Gasteiger partial charge in [0.25, 0.3) is 0 Å². The summed E-state index contributed by atoms with van der Waals surface area (Å²) in [6, 6.07) is 6.00. The molecule has 0 saturated carbocycles. The number of esters is 1. The van der Waals surface area contributed by atoms with Gasteiger partial charge < -0.3 is 10.1 Å². The topological polar surface area (TPSA) is 70.7 Å². The molecule has 150 valence electrons. The van der Waals surface area contributed by atoms with E-state index in [1.807, 2.05) is 18.2 Å². The van der Waals surface area contributed by atoms with Gasteiger partial charge in [0, 0.05) is 32.6 Å². The predicted octanol–water partition coefficient (Wildman–Crippen LogP) is 2.95. The molecular weight excluding hydrogens is 342 g/mol. The average Bonchev–Trinajstić information content (AvgIpc) is 3.13. The third-order valence-electron chi connectivity index (χ3n) is 4.74. The number of carbonyl (C=O) groups is 2. The lowest BCUT2D eigenvalue weighted by molar-refractivity contribution is -0.136. The number of nitrogens with zero attached hydrogens (tertiary/aromatic N) is 1. The molecule has 0 bridgehead atoms. The second kappa shape index (κ2) is 10.4. The van der Waals surface area contributed by atoms with Crippen LogP contribution in [-0.2, 0) is 9.59 Å². The Morgan fingerprint density at radius 3 is 2.37 bits per heavy atom. The molecule has 2 rings (SSSR count). The van der Waals surface area contributed by atoms with Gasteiger partial charge in [0.05, 0.1) is 6.42 Å². The summed E-state index contributed by atoms with van der Waals surface area (Å²) in [6.45, 7) is 11.7. The molecule has 0 aliphatic carbocycles. The van der Waals surface area contributed by atoms with E-state index in [2.05, 4.69) is 43.4 Å². The molecule has 1 aliphatic rings. The number of hydrogen-bond acceptors (Lipinski definition) is 5. The van der Waals surface area contributed by atoms with E-state index in [0.717, 1.165) is 37.2 Å². The first-order chi connectivity index (χ1) is 12.9. The molecule has 2 N–H and O–H groups in total. The Hall–Kier alpha value is -1.92. The maximum atomic E-state index is 12.3. The van der Waals surface area contributed by atoms with E-state index >= 15 is 0 Å². The van der Waals surface area contributed by atoms with Gasteiger partial charge in [-0.15, -0.1) is 0 Å². The molecule has 1 aliphatic heterocycles. The summed E-state index contributed by atoms with van der Waals surface area (Å²) < 4.78 is 5.70. The first-order valence-electron chi connectivity index (χ1n) is 9.97. The van der Waals surface area contributed by atoms with Crippen molar-refractivity contribution in [3.05, 3.63) is 29.3 Å². The third kappa shape index (κ3) is 6.63. The van der Waals surface area contributed by atoms with E-state index < -0.39 is 0 Å². The van der Waals surface area contributed by atoms with Crippen molar-refractivity contribution >= 4 is 11.9 Å². The number of amides is 1. The maximum absolute atomic E-state index is 12.3. The lowest BCUT2D eigenvalue weighted by Crippen LogP contribution is -2.38. The van der Waals surface area contributed by atoms with Crippen LogP contribution in [0.15, 0.2) is 18.2 Å².